The lowest BCUT2D eigenvalue weighted by molar-refractivity contribution is 0.0628. The van der Waals surface area contributed by atoms with Crippen molar-refractivity contribution in [3.05, 3.63) is 17.9 Å². The Labute approximate surface area is 125 Å². The SMILES string of the molecule is CN(C1CCOCC1)S(=O)(=O)c1ccc(CNC2CC2)o1. The number of ether oxygens (including phenoxy) is 1. The van der Waals surface area contributed by atoms with Crippen LogP contribution in [0.2, 0.25) is 0 Å². The normalized spacial score (nSPS) is 21.0. The molecule has 0 atom stereocenters. The van der Waals surface area contributed by atoms with Crippen LogP contribution in [0.5, 0.6) is 0 Å². The molecule has 2 aliphatic rings. The summed E-state index contributed by atoms with van der Waals surface area (Å²) in [5.74, 6) is 0.667. The summed E-state index contributed by atoms with van der Waals surface area (Å²) in [5.41, 5.74) is 0. The van der Waals surface area contributed by atoms with Crippen LogP contribution < -0.4 is 5.32 Å². The van der Waals surface area contributed by atoms with Gasteiger partial charge in [0.25, 0.3) is 10.0 Å². The molecule has 0 bridgehead atoms. The Morgan fingerprint density at radius 3 is 2.62 bits per heavy atom. The van der Waals surface area contributed by atoms with Crippen LogP contribution in [-0.2, 0) is 21.3 Å². The van der Waals surface area contributed by atoms with Gasteiger partial charge in [-0.15, -0.1) is 0 Å². The highest BCUT2D eigenvalue weighted by Gasteiger charge is 2.31. The van der Waals surface area contributed by atoms with Gasteiger partial charge in [-0.25, -0.2) is 8.42 Å². The number of nitrogens with zero attached hydrogens (tertiary/aromatic N) is 1. The molecule has 118 valence electrons. The van der Waals surface area contributed by atoms with Gasteiger partial charge in [-0.3, -0.25) is 0 Å². The molecule has 1 saturated carbocycles. The quantitative estimate of drug-likeness (QED) is 0.858. The van der Waals surface area contributed by atoms with Crippen LogP contribution in [0, 0.1) is 0 Å². The molecule has 21 heavy (non-hydrogen) atoms. The van der Waals surface area contributed by atoms with E-state index in [1.54, 1.807) is 19.2 Å². The molecule has 1 aliphatic heterocycles. The lowest BCUT2D eigenvalue weighted by atomic mass is 10.1. The number of sulfonamides is 1. The largest absolute Gasteiger partial charge is 0.447 e. The van der Waals surface area contributed by atoms with Gasteiger partial charge in [-0.05, 0) is 37.8 Å². The standard InChI is InChI=1S/C14H22N2O4S/c1-16(12-6-8-19-9-7-12)21(17,18)14-5-4-13(20-14)10-15-11-2-3-11/h4-5,11-12,15H,2-3,6-10H2,1H3. The van der Waals surface area contributed by atoms with Crippen molar-refractivity contribution in [1.29, 1.82) is 0 Å². The van der Waals surface area contributed by atoms with Crippen molar-refractivity contribution in [1.82, 2.24) is 9.62 Å². The average molecular weight is 314 g/mol. The van der Waals surface area contributed by atoms with Crippen molar-refractivity contribution in [3.63, 3.8) is 0 Å². The minimum atomic E-state index is -3.56. The van der Waals surface area contributed by atoms with Crippen molar-refractivity contribution >= 4 is 10.0 Å². The van der Waals surface area contributed by atoms with Crippen molar-refractivity contribution in [2.24, 2.45) is 0 Å². The van der Waals surface area contributed by atoms with Gasteiger partial charge in [0.15, 0.2) is 0 Å². The predicted octanol–water partition coefficient (Wildman–Crippen LogP) is 1.33. The molecule has 1 N–H and O–H groups in total. The van der Waals surface area contributed by atoms with E-state index in [1.165, 1.54) is 17.1 Å². The Bertz CT molecular complexity index is 574. The molecule has 0 amide bonds. The third-order valence-corrected chi connectivity index (χ3v) is 5.90. The van der Waals surface area contributed by atoms with Gasteiger partial charge >= 0.3 is 0 Å². The molecule has 0 aromatic carbocycles. The molecule has 1 saturated heterocycles. The minimum absolute atomic E-state index is 0.0121. The van der Waals surface area contributed by atoms with Crippen molar-refractivity contribution in [2.75, 3.05) is 20.3 Å². The van der Waals surface area contributed by atoms with Gasteiger partial charge in [0, 0.05) is 32.3 Å². The molecular formula is C14H22N2O4S. The lowest BCUT2D eigenvalue weighted by Crippen LogP contribution is -2.40. The number of furan rings is 1. The van der Waals surface area contributed by atoms with E-state index < -0.39 is 10.0 Å². The van der Waals surface area contributed by atoms with Gasteiger partial charge in [0.05, 0.1) is 6.54 Å². The number of hydrogen-bond donors (Lipinski definition) is 1. The van der Waals surface area contributed by atoms with Crippen LogP contribution >= 0.6 is 0 Å². The van der Waals surface area contributed by atoms with Crippen LogP contribution in [0.15, 0.2) is 21.6 Å². The summed E-state index contributed by atoms with van der Waals surface area (Å²) in [4.78, 5) is 0. The fourth-order valence-electron chi connectivity index (χ4n) is 2.51. The molecule has 1 aliphatic carbocycles. The first kappa shape index (κ1) is 15.0. The first-order valence-corrected chi connectivity index (χ1v) is 8.89. The van der Waals surface area contributed by atoms with Crippen LogP contribution in [0.3, 0.4) is 0 Å². The molecule has 3 rings (SSSR count). The second-order valence-electron chi connectivity index (χ2n) is 5.74. The van der Waals surface area contributed by atoms with E-state index in [1.807, 2.05) is 0 Å². The van der Waals surface area contributed by atoms with E-state index in [-0.39, 0.29) is 11.1 Å². The molecule has 7 heteroatoms. The van der Waals surface area contributed by atoms with Crippen molar-refractivity contribution in [2.45, 2.75) is 49.4 Å². The highest BCUT2D eigenvalue weighted by molar-refractivity contribution is 7.89. The van der Waals surface area contributed by atoms with E-state index in [9.17, 15) is 8.42 Å². The number of nitrogens with one attached hydrogen (secondary N) is 1. The Kier molecular flexibility index (Phi) is 4.35. The minimum Gasteiger partial charge on any atom is -0.447 e. The van der Waals surface area contributed by atoms with Crippen molar-refractivity contribution in [3.8, 4) is 0 Å². The highest BCUT2D eigenvalue weighted by atomic mass is 32.2. The van der Waals surface area contributed by atoms with Gasteiger partial charge in [-0.1, -0.05) is 0 Å². The van der Waals surface area contributed by atoms with Crippen molar-refractivity contribution < 1.29 is 17.6 Å². The van der Waals surface area contributed by atoms with Crippen LogP contribution in [0.4, 0.5) is 0 Å². The molecule has 1 aromatic heterocycles. The summed E-state index contributed by atoms with van der Waals surface area (Å²) in [6, 6.07) is 3.84. The summed E-state index contributed by atoms with van der Waals surface area (Å²) >= 11 is 0. The van der Waals surface area contributed by atoms with Gasteiger partial charge in [0.1, 0.15) is 5.76 Å². The molecule has 1 aromatic rings. The van der Waals surface area contributed by atoms with Crippen LogP contribution in [0.25, 0.3) is 0 Å². The van der Waals surface area contributed by atoms with E-state index in [0.29, 0.717) is 31.6 Å². The van der Waals surface area contributed by atoms with Crippen LogP contribution in [-0.4, -0.2) is 45.1 Å². The summed E-state index contributed by atoms with van der Waals surface area (Å²) in [6.07, 6.45) is 3.84. The summed E-state index contributed by atoms with van der Waals surface area (Å²) in [7, 11) is -1.94. The Balaban J connectivity index is 1.67. The number of rotatable bonds is 6. The van der Waals surface area contributed by atoms with E-state index >= 15 is 0 Å². The predicted molar refractivity (Wildman–Crippen MR) is 77.4 cm³/mol. The van der Waals surface area contributed by atoms with E-state index in [4.69, 9.17) is 9.15 Å². The average Bonchev–Trinajstić information content (AvgIpc) is 3.21. The second kappa shape index (κ2) is 6.08. The van der Waals surface area contributed by atoms with Crippen LogP contribution in [0.1, 0.15) is 31.4 Å². The second-order valence-corrected chi connectivity index (χ2v) is 7.67. The zero-order chi connectivity index (χ0) is 14.9. The van der Waals surface area contributed by atoms with Gasteiger partial charge < -0.3 is 14.5 Å². The highest BCUT2D eigenvalue weighted by Crippen LogP contribution is 2.24. The summed E-state index contributed by atoms with van der Waals surface area (Å²) in [6.45, 7) is 1.81. The molecular weight excluding hydrogens is 292 g/mol. The maximum atomic E-state index is 12.6. The smallest absolute Gasteiger partial charge is 0.276 e. The lowest BCUT2D eigenvalue weighted by Gasteiger charge is -2.29. The van der Waals surface area contributed by atoms with Gasteiger partial charge in [0.2, 0.25) is 5.09 Å². The topological polar surface area (TPSA) is 71.8 Å². The molecule has 2 fully saturated rings. The van der Waals surface area contributed by atoms with E-state index in [0.717, 1.165) is 12.8 Å². The first-order chi connectivity index (χ1) is 10.1. The maximum absolute atomic E-state index is 12.6. The zero-order valence-electron chi connectivity index (χ0n) is 12.2. The summed E-state index contributed by atoms with van der Waals surface area (Å²) < 4.78 is 37.4. The number of hydrogen-bond acceptors (Lipinski definition) is 5. The first-order valence-electron chi connectivity index (χ1n) is 7.45. The molecule has 0 spiro atoms. The third kappa shape index (κ3) is 3.48. The van der Waals surface area contributed by atoms with E-state index in [2.05, 4.69) is 5.32 Å². The molecule has 6 nitrogen and oxygen atoms in total. The maximum Gasteiger partial charge on any atom is 0.276 e. The Morgan fingerprint density at radius 2 is 1.95 bits per heavy atom. The Morgan fingerprint density at radius 1 is 1.24 bits per heavy atom. The fourth-order valence-corrected chi connectivity index (χ4v) is 3.85. The summed E-state index contributed by atoms with van der Waals surface area (Å²) in [5, 5.41) is 3.34. The molecule has 0 radical (unpaired) electrons. The fraction of sp³-hybridized carbons (Fsp3) is 0.714. The zero-order valence-corrected chi connectivity index (χ0v) is 13.1. The van der Waals surface area contributed by atoms with Gasteiger partial charge in [-0.2, -0.15) is 4.31 Å². The third-order valence-electron chi connectivity index (χ3n) is 4.12. The molecule has 2 heterocycles. The Hall–Kier alpha value is -0.890. The monoisotopic (exact) mass is 314 g/mol. The molecule has 0 unspecified atom stereocenters.